The van der Waals surface area contributed by atoms with Crippen LogP contribution in [0.25, 0.3) is 0 Å². The number of fused-ring (bicyclic) bond motifs is 1. The van der Waals surface area contributed by atoms with E-state index in [2.05, 4.69) is 10.3 Å². The zero-order valence-electron chi connectivity index (χ0n) is 10.3. The highest BCUT2D eigenvalue weighted by Crippen LogP contribution is 2.33. The Kier molecular flexibility index (Phi) is 4.74. The molecule has 0 saturated heterocycles. The molecule has 2 rings (SSSR count). The van der Waals surface area contributed by atoms with Crippen molar-refractivity contribution in [3.8, 4) is 5.75 Å². The molecule has 4 nitrogen and oxygen atoms in total. The number of hydrogen-bond donors (Lipinski definition) is 1. The van der Waals surface area contributed by atoms with Crippen LogP contribution in [-0.2, 0) is 17.1 Å². The van der Waals surface area contributed by atoms with Crippen molar-refractivity contribution >= 4 is 28.5 Å². The van der Waals surface area contributed by atoms with Crippen molar-refractivity contribution in [2.24, 2.45) is 4.99 Å². The fourth-order valence-corrected chi connectivity index (χ4v) is 2.80. The average Bonchev–Trinajstić information content (AvgIpc) is 2.39. The maximum atomic E-state index is 6.10. The van der Waals surface area contributed by atoms with Crippen LogP contribution >= 0.6 is 23.4 Å². The van der Waals surface area contributed by atoms with Crippen LogP contribution < -0.4 is 10.1 Å². The zero-order valence-corrected chi connectivity index (χ0v) is 11.9. The molecule has 0 spiro atoms. The molecule has 0 aromatic heterocycles. The van der Waals surface area contributed by atoms with Crippen molar-refractivity contribution < 1.29 is 9.47 Å². The number of thioether (sulfide) groups is 1. The van der Waals surface area contributed by atoms with Gasteiger partial charge in [-0.1, -0.05) is 23.4 Å². The van der Waals surface area contributed by atoms with Gasteiger partial charge in [-0.05, 0) is 12.1 Å². The summed E-state index contributed by atoms with van der Waals surface area (Å²) in [5.41, 5.74) is 2.07. The minimum atomic E-state index is 0.299. The van der Waals surface area contributed by atoms with E-state index in [1.165, 1.54) is 0 Å². The van der Waals surface area contributed by atoms with Gasteiger partial charge in [-0.2, -0.15) is 0 Å². The van der Waals surface area contributed by atoms with Gasteiger partial charge in [0.15, 0.2) is 12.0 Å². The Morgan fingerprint density at radius 1 is 1.56 bits per heavy atom. The first-order valence-electron chi connectivity index (χ1n) is 5.53. The fourth-order valence-electron chi connectivity index (χ4n) is 1.76. The van der Waals surface area contributed by atoms with E-state index in [4.69, 9.17) is 21.1 Å². The maximum absolute atomic E-state index is 6.10. The third-order valence-electron chi connectivity index (χ3n) is 2.53. The monoisotopic (exact) mass is 286 g/mol. The van der Waals surface area contributed by atoms with Gasteiger partial charge in [0.1, 0.15) is 5.75 Å². The molecule has 1 aliphatic heterocycles. The molecule has 0 bridgehead atoms. The number of amidine groups is 1. The fraction of sp³-hybridized carbons (Fsp3) is 0.417. The molecule has 1 heterocycles. The summed E-state index contributed by atoms with van der Waals surface area (Å²) in [6.45, 7) is 0.849. The summed E-state index contributed by atoms with van der Waals surface area (Å²) in [5.74, 6) is 1.65. The maximum Gasteiger partial charge on any atom is 0.189 e. The smallest absolute Gasteiger partial charge is 0.189 e. The Morgan fingerprint density at radius 2 is 2.39 bits per heavy atom. The number of aliphatic imine (C=N–C) groups is 1. The van der Waals surface area contributed by atoms with Crippen molar-refractivity contribution in [3.05, 3.63) is 28.3 Å². The minimum absolute atomic E-state index is 0.299. The van der Waals surface area contributed by atoms with Crippen LogP contribution in [0.1, 0.15) is 11.1 Å². The number of rotatable bonds is 2. The van der Waals surface area contributed by atoms with Crippen LogP contribution in [0.4, 0.5) is 0 Å². The second-order valence-corrected chi connectivity index (χ2v) is 5.13. The zero-order chi connectivity index (χ0) is 13.0. The highest BCUT2D eigenvalue weighted by molar-refractivity contribution is 8.13. The normalized spacial score (nSPS) is 14.9. The molecule has 0 amide bonds. The molecule has 0 fully saturated rings. The summed E-state index contributed by atoms with van der Waals surface area (Å²) in [6.07, 6.45) is 0. The first kappa shape index (κ1) is 13.5. The summed E-state index contributed by atoms with van der Waals surface area (Å²) in [7, 11) is 3.61. The van der Waals surface area contributed by atoms with Crippen molar-refractivity contribution in [1.82, 2.24) is 5.32 Å². The summed E-state index contributed by atoms with van der Waals surface area (Å²) in [4.78, 5) is 4.13. The predicted octanol–water partition coefficient (Wildman–Crippen LogP) is 2.64. The number of ether oxygens (including phenoxy) is 2. The quantitative estimate of drug-likeness (QED) is 0.670. The van der Waals surface area contributed by atoms with Gasteiger partial charge in [0.05, 0.1) is 6.61 Å². The van der Waals surface area contributed by atoms with Gasteiger partial charge in [-0.15, -0.1) is 0 Å². The van der Waals surface area contributed by atoms with E-state index in [9.17, 15) is 0 Å². The lowest BCUT2D eigenvalue weighted by Crippen LogP contribution is -2.15. The Bertz CT molecular complexity index is 466. The van der Waals surface area contributed by atoms with Crippen molar-refractivity contribution in [1.29, 1.82) is 0 Å². The summed E-state index contributed by atoms with van der Waals surface area (Å²) in [6, 6.07) is 3.82. The van der Waals surface area contributed by atoms with Gasteiger partial charge in [0.2, 0.25) is 0 Å². The Morgan fingerprint density at radius 3 is 3.11 bits per heavy atom. The van der Waals surface area contributed by atoms with E-state index in [0.717, 1.165) is 27.8 Å². The summed E-state index contributed by atoms with van der Waals surface area (Å²) in [5, 5.41) is 4.62. The number of benzene rings is 1. The molecule has 18 heavy (non-hydrogen) atoms. The molecule has 0 aliphatic carbocycles. The summed E-state index contributed by atoms with van der Waals surface area (Å²) < 4.78 is 10.8. The van der Waals surface area contributed by atoms with Gasteiger partial charge in [0, 0.05) is 36.0 Å². The van der Waals surface area contributed by atoms with E-state index in [1.54, 1.807) is 18.8 Å². The van der Waals surface area contributed by atoms with Gasteiger partial charge in [-0.25, -0.2) is 0 Å². The molecule has 1 N–H and O–H groups in total. The van der Waals surface area contributed by atoms with Crippen molar-refractivity contribution in [3.63, 3.8) is 0 Å². The molecule has 1 aliphatic rings. The summed E-state index contributed by atoms with van der Waals surface area (Å²) >= 11 is 7.71. The lowest BCUT2D eigenvalue weighted by molar-refractivity contribution is -0.0168. The van der Waals surface area contributed by atoms with E-state index in [-0.39, 0.29) is 0 Å². The molecule has 0 atom stereocenters. The molecule has 98 valence electrons. The van der Waals surface area contributed by atoms with Crippen molar-refractivity contribution in [2.45, 2.75) is 12.4 Å². The van der Waals surface area contributed by atoms with E-state index < -0.39 is 0 Å². The van der Waals surface area contributed by atoms with Crippen LogP contribution in [0, 0.1) is 0 Å². The standard InChI is InChI=1S/C12H15ClN2O2S/c1-14-12(15-2)18-6-9-4-10(13)3-8-5-16-7-17-11(8)9/h3-4H,5-7H2,1-2H3,(H,14,15). The number of halogens is 1. The van der Waals surface area contributed by atoms with E-state index in [0.29, 0.717) is 18.4 Å². The second kappa shape index (κ2) is 6.31. The molecule has 1 aromatic rings. The third-order valence-corrected chi connectivity index (χ3v) is 3.87. The van der Waals surface area contributed by atoms with Crippen molar-refractivity contribution in [2.75, 3.05) is 20.9 Å². The van der Waals surface area contributed by atoms with Crippen LogP contribution in [0.2, 0.25) is 5.02 Å². The second-order valence-electron chi connectivity index (χ2n) is 3.73. The van der Waals surface area contributed by atoms with Gasteiger partial charge < -0.3 is 14.8 Å². The Labute approximate surface area is 116 Å². The third kappa shape index (κ3) is 3.10. The van der Waals surface area contributed by atoms with E-state index in [1.807, 2.05) is 19.2 Å². The van der Waals surface area contributed by atoms with Crippen LogP contribution in [-0.4, -0.2) is 26.1 Å². The average molecular weight is 287 g/mol. The van der Waals surface area contributed by atoms with Crippen LogP contribution in [0.3, 0.4) is 0 Å². The topological polar surface area (TPSA) is 42.9 Å². The SMILES string of the molecule is CN=C(NC)SCc1cc(Cl)cc2c1OCOC2. The van der Waals surface area contributed by atoms with Crippen LogP contribution in [0.15, 0.2) is 17.1 Å². The first-order valence-corrected chi connectivity index (χ1v) is 6.90. The Balaban J connectivity index is 2.19. The molecule has 0 radical (unpaired) electrons. The largest absolute Gasteiger partial charge is 0.467 e. The molecule has 1 aromatic carbocycles. The molecular weight excluding hydrogens is 272 g/mol. The first-order chi connectivity index (χ1) is 8.74. The highest BCUT2D eigenvalue weighted by atomic mass is 35.5. The molecule has 0 unspecified atom stereocenters. The number of nitrogens with one attached hydrogen (secondary N) is 1. The van der Waals surface area contributed by atoms with Gasteiger partial charge >= 0.3 is 0 Å². The molecule has 6 heteroatoms. The highest BCUT2D eigenvalue weighted by Gasteiger charge is 2.16. The molecular formula is C12H15ClN2O2S. The van der Waals surface area contributed by atoms with E-state index >= 15 is 0 Å². The minimum Gasteiger partial charge on any atom is -0.467 e. The van der Waals surface area contributed by atoms with Gasteiger partial charge in [0.25, 0.3) is 0 Å². The van der Waals surface area contributed by atoms with Crippen LogP contribution in [0.5, 0.6) is 5.75 Å². The van der Waals surface area contributed by atoms with Gasteiger partial charge in [-0.3, -0.25) is 4.99 Å². The Hall–Kier alpha value is -0.910. The number of nitrogens with zero attached hydrogens (tertiary/aromatic N) is 1. The molecule has 0 saturated carbocycles. The number of hydrogen-bond acceptors (Lipinski definition) is 4. The lowest BCUT2D eigenvalue weighted by atomic mass is 10.1. The lowest BCUT2D eigenvalue weighted by Gasteiger charge is -2.21. The predicted molar refractivity (Wildman–Crippen MR) is 75.4 cm³/mol.